The summed E-state index contributed by atoms with van der Waals surface area (Å²) in [7, 11) is 0. The molecule has 1 fully saturated rings. The number of hydrogen-bond donors (Lipinski definition) is 0. The molecule has 0 bridgehead atoms. The van der Waals surface area contributed by atoms with Gasteiger partial charge >= 0.3 is 0 Å². The minimum absolute atomic E-state index is 0.724. The average Bonchev–Trinajstić information content (AvgIpc) is 3.04. The summed E-state index contributed by atoms with van der Waals surface area (Å²) in [5, 5.41) is 0. The molecular formula is C22H31N. The van der Waals surface area contributed by atoms with Crippen LogP contribution in [0.15, 0.2) is 46.5 Å². The fourth-order valence-corrected chi connectivity index (χ4v) is 3.40. The zero-order valence-corrected chi connectivity index (χ0v) is 15.4. The molecule has 0 amide bonds. The highest BCUT2D eigenvalue weighted by Gasteiger charge is 2.20. The molecule has 1 aromatic rings. The Kier molecular flexibility index (Phi) is 6.38. The molecule has 0 spiro atoms. The van der Waals surface area contributed by atoms with E-state index in [0.29, 0.717) is 0 Å². The van der Waals surface area contributed by atoms with Crippen LogP contribution >= 0.6 is 0 Å². The third-order valence-electron chi connectivity index (χ3n) is 4.77. The van der Waals surface area contributed by atoms with E-state index in [1.165, 1.54) is 48.0 Å². The molecule has 1 aromatic carbocycles. The highest BCUT2D eigenvalue weighted by Crippen LogP contribution is 2.36. The standard InChI is InChI=1S/C22H31N/c1-6-18(5)21(19-11-7-8-12-19)15-22(23-16(2)3)20-13-9-10-17(4)14-20/h9-10,13-15,19H,6-8,11-12H2,1-5H3/b21-18-,22-15-. The first-order valence-electron chi connectivity index (χ1n) is 9.01. The summed E-state index contributed by atoms with van der Waals surface area (Å²) in [4.78, 5) is 4.86. The molecule has 2 rings (SSSR count). The quantitative estimate of drug-likeness (QED) is 0.422. The lowest BCUT2D eigenvalue weighted by Crippen LogP contribution is -2.01. The molecule has 1 aliphatic carbocycles. The molecular weight excluding hydrogens is 278 g/mol. The molecule has 0 atom stereocenters. The van der Waals surface area contributed by atoms with E-state index in [2.05, 4.69) is 65.0 Å². The van der Waals surface area contributed by atoms with E-state index < -0.39 is 0 Å². The second kappa shape index (κ2) is 8.29. The zero-order chi connectivity index (χ0) is 16.8. The third-order valence-corrected chi connectivity index (χ3v) is 4.77. The van der Waals surface area contributed by atoms with Crippen LogP contribution in [0.4, 0.5) is 0 Å². The van der Waals surface area contributed by atoms with Gasteiger partial charge in [-0.05, 0) is 70.6 Å². The van der Waals surface area contributed by atoms with Crippen molar-refractivity contribution in [2.75, 3.05) is 0 Å². The van der Waals surface area contributed by atoms with E-state index in [0.717, 1.165) is 23.7 Å². The van der Waals surface area contributed by atoms with E-state index in [1.54, 1.807) is 0 Å². The van der Waals surface area contributed by atoms with Gasteiger partial charge in [0.05, 0.1) is 5.70 Å². The Balaban J connectivity index is 2.51. The maximum Gasteiger partial charge on any atom is 0.0704 e. The predicted octanol–water partition coefficient (Wildman–Crippen LogP) is 6.73. The topological polar surface area (TPSA) is 12.4 Å². The SMILES string of the molecule is CC/C(C)=C(/C=C(\N=C(C)C)c1cccc(C)c1)C1CCCC1. The van der Waals surface area contributed by atoms with Crippen molar-refractivity contribution in [2.24, 2.45) is 10.9 Å². The highest BCUT2D eigenvalue weighted by atomic mass is 14.7. The van der Waals surface area contributed by atoms with E-state index >= 15 is 0 Å². The van der Waals surface area contributed by atoms with Gasteiger partial charge in [0.2, 0.25) is 0 Å². The van der Waals surface area contributed by atoms with Crippen molar-refractivity contribution in [2.45, 2.75) is 66.7 Å². The summed E-state index contributed by atoms with van der Waals surface area (Å²) in [6.45, 7) is 10.9. The molecule has 0 saturated heterocycles. The van der Waals surface area contributed by atoms with Gasteiger partial charge in [0.15, 0.2) is 0 Å². The first-order chi connectivity index (χ1) is 11.0. The van der Waals surface area contributed by atoms with E-state index in [9.17, 15) is 0 Å². The van der Waals surface area contributed by atoms with Crippen molar-refractivity contribution < 1.29 is 0 Å². The van der Waals surface area contributed by atoms with Gasteiger partial charge in [0, 0.05) is 11.3 Å². The number of rotatable bonds is 5. The van der Waals surface area contributed by atoms with E-state index in [-0.39, 0.29) is 0 Å². The fraction of sp³-hybridized carbons (Fsp3) is 0.500. The number of benzene rings is 1. The molecule has 0 heterocycles. The van der Waals surface area contributed by atoms with Crippen LogP contribution in [0.3, 0.4) is 0 Å². The van der Waals surface area contributed by atoms with Crippen molar-refractivity contribution in [1.29, 1.82) is 0 Å². The van der Waals surface area contributed by atoms with Crippen molar-refractivity contribution in [3.63, 3.8) is 0 Å². The Morgan fingerprint density at radius 3 is 2.43 bits per heavy atom. The normalized spacial score (nSPS) is 17.2. The molecule has 0 unspecified atom stereocenters. The van der Waals surface area contributed by atoms with Gasteiger partial charge in [-0.3, -0.25) is 4.99 Å². The summed E-state index contributed by atoms with van der Waals surface area (Å²) in [6, 6.07) is 8.70. The van der Waals surface area contributed by atoms with Gasteiger partial charge in [-0.25, -0.2) is 0 Å². The van der Waals surface area contributed by atoms with Crippen LogP contribution < -0.4 is 0 Å². The summed E-state index contributed by atoms with van der Waals surface area (Å²) < 4.78 is 0. The lowest BCUT2D eigenvalue weighted by Gasteiger charge is -2.16. The molecule has 1 aliphatic rings. The van der Waals surface area contributed by atoms with Crippen LogP contribution in [0.2, 0.25) is 0 Å². The van der Waals surface area contributed by atoms with Gasteiger partial charge < -0.3 is 0 Å². The van der Waals surface area contributed by atoms with Gasteiger partial charge in [-0.1, -0.05) is 49.1 Å². The van der Waals surface area contributed by atoms with Crippen LogP contribution in [-0.2, 0) is 0 Å². The molecule has 1 heteroatoms. The smallest absolute Gasteiger partial charge is 0.0704 e. The Morgan fingerprint density at radius 1 is 1.17 bits per heavy atom. The van der Waals surface area contributed by atoms with Gasteiger partial charge in [-0.15, -0.1) is 0 Å². The van der Waals surface area contributed by atoms with Crippen LogP contribution in [0.25, 0.3) is 5.70 Å². The molecule has 1 saturated carbocycles. The van der Waals surface area contributed by atoms with Crippen molar-refractivity contribution in [3.8, 4) is 0 Å². The Labute approximate surface area is 142 Å². The second-order valence-electron chi connectivity index (χ2n) is 7.03. The van der Waals surface area contributed by atoms with Crippen LogP contribution in [0.5, 0.6) is 0 Å². The zero-order valence-electron chi connectivity index (χ0n) is 15.4. The molecule has 0 radical (unpaired) electrons. The molecule has 23 heavy (non-hydrogen) atoms. The predicted molar refractivity (Wildman–Crippen MR) is 103 cm³/mol. The second-order valence-corrected chi connectivity index (χ2v) is 7.03. The molecule has 0 aliphatic heterocycles. The maximum atomic E-state index is 4.86. The lowest BCUT2D eigenvalue weighted by atomic mass is 9.90. The Hall–Kier alpha value is -1.63. The van der Waals surface area contributed by atoms with Gasteiger partial charge in [0.25, 0.3) is 0 Å². The molecule has 1 nitrogen and oxygen atoms in total. The minimum Gasteiger partial charge on any atom is -0.258 e. The summed E-state index contributed by atoms with van der Waals surface area (Å²) in [5.41, 5.74) is 7.79. The average molecular weight is 309 g/mol. The maximum absolute atomic E-state index is 4.86. The van der Waals surface area contributed by atoms with Crippen LogP contribution in [0, 0.1) is 12.8 Å². The number of nitrogens with zero attached hydrogens (tertiary/aromatic N) is 1. The molecule has 0 N–H and O–H groups in total. The monoisotopic (exact) mass is 309 g/mol. The largest absolute Gasteiger partial charge is 0.258 e. The first kappa shape index (κ1) is 17.7. The van der Waals surface area contributed by atoms with Crippen molar-refractivity contribution >= 4 is 11.4 Å². The first-order valence-corrected chi connectivity index (χ1v) is 9.01. The highest BCUT2D eigenvalue weighted by molar-refractivity contribution is 5.86. The number of aliphatic imine (C=N–C) groups is 1. The molecule has 124 valence electrons. The van der Waals surface area contributed by atoms with E-state index in [4.69, 9.17) is 4.99 Å². The third kappa shape index (κ3) is 4.92. The molecule has 0 aromatic heterocycles. The lowest BCUT2D eigenvalue weighted by molar-refractivity contribution is 0.647. The van der Waals surface area contributed by atoms with Gasteiger partial charge in [0.1, 0.15) is 0 Å². The van der Waals surface area contributed by atoms with Crippen molar-refractivity contribution in [3.05, 3.63) is 52.6 Å². The minimum atomic E-state index is 0.724. The summed E-state index contributed by atoms with van der Waals surface area (Å²) >= 11 is 0. The van der Waals surface area contributed by atoms with Crippen molar-refractivity contribution in [1.82, 2.24) is 0 Å². The van der Waals surface area contributed by atoms with Crippen LogP contribution in [0.1, 0.15) is 70.9 Å². The number of hydrogen-bond acceptors (Lipinski definition) is 1. The summed E-state index contributed by atoms with van der Waals surface area (Å²) in [5.74, 6) is 0.724. The fourth-order valence-electron chi connectivity index (χ4n) is 3.40. The van der Waals surface area contributed by atoms with Gasteiger partial charge in [-0.2, -0.15) is 0 Å². The van der Waals surface area contributed by atoms with Crippen LogP contribution in [-0.4, -0.2) is 5.71 Å². The number of allylic oxidation sites excluding steroid dienone is 3. The summed E-state index contributed by atoms with van der Waals surface area (Å²) in [6.07, 6.45) is 8.90. The van der Waals surface area contributed by atoms with E-state index in [1.807, 2.05) is 0 Å². The Bertz CT molecular complexity index is 621. The number of aryl methyl sites for hydroxylation is 1. The Morgan fingerprint density at radius 2 is 1.87 bits per heavy atom.